The molecule has 0 spiro atoms. The van der Waals surface area contributed by atoms with Crippen LogP contribution in [0.3, 0.4) is 0 Å². The van der Waals surface area contributed by atoms with Crippen LogP contribution in [0.15, 0.2) is 140 Å². The van der Waals surface area contributed by atoms with Crippen LogP contribution in [0.5, 0.6) is 0 Å². The van der Waals surface area contributed by atoms with E-state index >= 15 is 0 Å². The van der Waals surface area contributed by atoms with Gasteiger partial charge in [-0.1, -0.05) is 109 Å². The van der Waals surface area contributed by atoms with E-state index in [0.29, 0.717) is 25.8 Å². The molecule has 4 amide bonds. The molecule has 2 aromatic heterocycles. The quantitative estimate of drug-likeness (QED) is 0.0422. The number of ketones is 1. The topological polar surface area (TPSA) is 214 Å². The van der Waals surface area contributed by atoms with Gasteiger partial charge in [0.1, 0.15) is 17.9 Å². The van der Waals surface area contributed by atoms with E-state index in [1.54, 1.807) is 6.20 Å². The number of nitrogens with zero attached hydrogens (tertiary/aromatic N) is 1. The van der Waals surface area contributed by atoms with Gasteiger partial charge in [-0.05, 0) is 77.4 Å². The Bertz CT molecular complexity index is 2740. The Morgan fingerprint density at radius 2 is 1.33 bits per heavy atom. The smallest absolute Gasteiger partial charge is 0.243 e. The van der Waals surface area contributed by atoms with Gasteiger partial charge in [-0.25, -0.2) is 4.98 Å². The zero-order valence-corrected chi connectivity index (χ0v) is 35.6. The summed E-state index contributed by atoms with van der Waals surface area (Å²) in [6.07, 6.45) is 3.55. The van der Waals surface area contributed by atoms with Gasteiger partial charge in [-0.3, -0.25) is 24.0 Å². The number of hydrogen-bond acceptors (Lipinski definition) is 8. The van der Waals surface area contributed by atoms with Crippen LogP contribution in [-0.2, 0) is 43.2 Å². The minimum atomic E-state index is -1.09. The molecule has 0 radical (unpaired) electrons. The molecule has 0 aliphatic heterocycles. The van der Waals surface area contributed by atoms with Gasteiger partial charge in [0.25, 0.3) is 0 Å². The molecule has 5 aromatic carbocycles. The Balaban J connectivity index is 1.07. The van der Waals surface area contributed by atoms with Crippen molar-refractivity contribution in [2.24, 2.45) is 17.4 Å². The fourth-order valence-corrected chi connectivity index (χ4v) is 8.07. The number of nitrogens with two attached hydrogens (primary N) is 2. The maximum atomic E-state index is 14.7. The maximum absolute atomic E-state index is 14.7. The number of aromatic nitrogens is 2. The summed E-state index contributed by atoms with van der Waals surface area (Å²) in [5, 5.41) is 15.8. The Hall–Kier alpha value is -7.38. The predicted molar refractivity (Wildman–Crippen MR) is 251 cm³/mol. The summed E-state index contributed by atoms with van der Waals surface area (Å²) in [5.74, 6) is -2.84. The Kier molecular flexibility index (Phi) is 15.1. The number of anilines is 1. The Labute approximate surface area is 371 Å². The van der Waals surface area contributed by atoms with Gasteiger partial charge in [0, 0.05) is 54.2 Å². The molecular formula is C51H54N8O5. The standard InChI is InChI=1S/C51H54N8O5/c52-31-48(61)57-45(28-34-21-22-35-14-4-5-16-37(35)27-34)51(64)59-44(29-39-32-55-42-19-9-7-17-40(39)42)46(60)30-38(26-33-12-2-1-3-13-33)50(63)58-43(49(53)62)20-10-11-25-54-47-24-23-36-15-6-8-18-41(36)56-47/h1-9,12-19,21-24,27,32,38,43-45,55H,10-11,20,25-26,28-31,52H2,(H2,53,62)(H,54,56)(H,57,61)(H,58,63)(H,59,64)/t38-,43-,44-,45+/m0/s1. The summed E-state index contributed by atoms with van der Waals surface area (Å²) < 4.78 is 0. The van der Waals surface area contributed by atoms with Crippen molar-refractivity contribution >= 4 is 67.8 Å². The van der Waals surface area contributed by atoms with Gasteiger partial charge in [0.15, 0.2) is 5.78 Å². The highest BCUT2D eigenvalue weighted by Gasteiger charge is 2.32. The average Bonchev–Trinajstić information content (AvgIpc) is 3.72. The van der Waals surface area contributed by atoms with E-state index in [-0.39, 0.29) is 32.2 Å². The number of aromatic amines is 1. The van der Waals surface area contributed by atoms with Gasteiger partial charge in [-0.2, -0.15) is 0 Å². The second-order valence-corrected chi connectivity index (χ2v) is 16.2. The number of pyridine rings is 1. The number of para-hydroxylation sites is 2. The van der Waals surface area contributed by atoms with Gasteiger partial charge in [0.2, 0.25) is 23.6 Å². The zero-order chi connectivity index (χ0) is 44.8. The number of carbonyl (C=O) groups excluding carboxylic acids is 5. The van der Waals surface area contributed by atoms with Crippen molar-refractivity contribution in [3.63, 3.8) is 0 Å². The van der Waals surface area contributed by atoms with Crippen LogP contribution in [0.4, 0.5) is 5.82 Å². The number of Topliss-reactive ketones (excluding diaryl/α,β-unsaturated/α-hetero) is 1. The van der Waals surface area contributed by atoms with Crippen LogP contribution in [0.1, 0.15) is 42.4 Å². The summed E-state index contributed by atoms with van der Waals surface area (Å²) in [6, 6.07) is 39.3. The van der Waals surface area contributed by atoms with E-state index in [0.717, 1.165) is 55.1 Å². The number of rotatable bonds is 22. The highest BCUT2D eigenvalue weighted by atomic mass is 16.2. The van der Waals surface area contributed by atoms with E-state index in [9.17, 15) is 24.0 Å². The molecule has 2 heterocycles. The van der Waals surface area contributed by atoms with Gasteiger partial charge < -0.3 is 37.7 Å². The number of carbonyl (C=O) groups is 5. The van der Waals surface area contributed by atoms with Crippen LogP contribution in [-0.4, -0.2) is 70.6 Å². The second kappa shape index (κ2) is 21.6. The summed E-state index contributed by atoms with van der Waals surface area (Å²) in [4.78, 5) is 76.6. The lowest BCUT2D eigenvalue weighted by Crippen LogP contribution is -2.54. The molecule has 13 nitrogen and oxygen atoms in total. The van der Waals surface area contributed by atoms with Gasteiger partial charge in [0.05, 0.1) is 18.1 Å². The molecule has 7 rings (SSSR count). The summed E-state index contributed by atoms with van der Waals surface area (Å²) in [5.41, 5.74) is 15.7. The van der Waals surface area contributed by atoms with Crippen LogP contribution < -0.4 is 32.7 Å². The van der Waals surface area contributed by atoms with Crippen LogP contribution in [0.25, 0.3) is 32.6 Å². The van der Waals surface area contributed by atoms with Crippen molar-refractivity contribution in [2.75, 3.05) is 18.4 Å². The van der Waals surface area contributed by atoms with E-state index < -0.39 is 53.5 Å². The van der Waals surface area contributed by atoms with Crippen molar-refractivity contribution in [3.05, 3.63) is 156 Å². The van der Waals surface area contributed by atoms with Crippen molar-refractivity contribution in [1.29, 1.82) is 0 Å². The van der Waals surface area contributed by atoms with E-state index in [1.807, 2.05) is 133 Å². The first-order valence-corrected chi connectivity index (χ1v) is 21.7. The van der Waals surface area contributed by atoms with Crippen LogP contribution in [0.2, 0.25) is 0 Å². The van der Waals surface area contributed by atoms with Crippen molar-refractivity contribution < 1.29 is 24.0 Å². The number of unbranched alkanes of at least 4 members (excludes halogenated alkanes) is 1. The van der Waals surface area contributed by atoms with Crippen LogP contribution >= 0.6 is 0 Å². The molecule has 0 unspecified atom stereocenters. The number of amides is 4. The molecule has 0 aliphatic rings. The number of H-pyrrole nitrogens is 1. The van der Waals surface area contributed by atoms with Crippen molar-refractivity contribution in [1.82, 2.24) is 25.9 Å². The fraction of sp³-hybridized carbons (Fsp3) is 0.255. The second-order valence-electron chi connectivity index (χ2n) is 16.2. The fourth-order valence-electron chi connectivity index (χ4n) is 8.07. The highest BCUT2D eigenvalue weighted by molar-refractivity contribution is 5.97. The molecule has 7 aromatic rings. The first-order chi connectivity index (χ1) is 31.1. The molecule has 328 valence electrons. The Morgan fingerprint density at radius 3 is 2.12 bits per heavy atom. The number of fused-ring (bicyclic) bond motifs is 3. The number of nitrogens with one attached hydrogen (secondary N) is 5. The van der Waals surface area contributed by atoms with Gasteiger partial charge in [-0.15, -0.1) is 0 Å². The predicted octanol–water partition coefficient (Wildman–Crippen LogP) is 5.65. The molecule has 4 atom stereocenters. The summed E-state index contributed by atoms with van der Waals surface area (Å²) >= 11 is 0. The third-order valence-electron chi connectivity index (χ3n) is 11.5. The highest BCUT2D eigenvalue weighted by Crippen LogP contribution is 2.23. The lowest BCUT2D eigenvalue weighted by molar-refractivity contribution is -0.134. The third-order valence-corrected chi connectivity index (χ3v) is 11.5. The molecule has 13 heteroatoms. The maximum Gasteiger partial charge on any atom is 0.243 e. The minimum absolute atomic E-state index is 0.106. The van der Waals surface area contributed by atoms with E-state index in [4.69, 9.17) is 11.5 Å². The first kappa shape index (κ1) is 44.7. The molecular weight excluding hydrogens is 805 g/mol. The van der Waals surface area contributed by atoms with E-state index in [1.165, 1.54) is 0 Å². The molecule has 0 saturated carbocycles. The molecule has 64 heavy (non-hydrogen) atoms. The lowest BCUT2D eigenvalue weighted by Gasteiger charge is -2.25. The molecule has 0 saturated heterocycles. The van der Waals surface area contributed by atoms with E-state index in [2.05, 4.69) is 31.2 Å². The third kappa shape index (κ3) is 12.0. The molecule has 0 aliphatic carbocycles. The number of primary amides is 1. The normalized spacial score (nSPS) is 13.1. The van der Waals surface area contributed by atoms with Gasteiger partial charge >= 0.3 is 0 Å². The molecule has 9 N–H and O–H groups in total. The lowest BCUT2D eigenvalue weighted by atomic mass is 9.89. The SMILES string of the molecule is NCC(=O)N[C@H](Cc1ccc2ccccc2c1)C(=O)N[C@@H](Cc1c[nH]c2ccccc12)C(=O)C[C@H](Cc1ccccc1)C(=O)N[C@@H](CCCCNc1ccc2ccccc2n1)C(N)=O. The minimum Gasteiger partial charge on any atom is -0.370 e. The number of hydrogen-bond donors (Lipinski definition) is 7. The average molecular weight is 859 g/mol. The molecule has 0 bridgehead atoms. The monoisotopic (exact) mass is 858 g/mol. The summed E-state index contributed by atoms with van der Waals surface area (Å²) in [7, 11) is 0. The van der Waals surface area contributed by atoms with Crippen molar-refractivity contribution in [3.8, 4) is 0 Å². The summed E-state index contributed by atoms with van der Waals surface area (Å²) in [6.45, 7) is 0.264. The van der Waals surface area contributed by atoms with Crippen molar-refractivity contribution in [2.45, 2.75) is 63.1 Å². The number of benzene rings is 5. The molecule has 0 fully saturated rings. The zero-order valence-electron chi connectivity index (χ0n) is 35.6. The van der Waals surface area contributed by atoms with Crippen LogP contribution in [0, 0.1) is 5.92 Å². The first-order valence-electron chi connectivity index (χ1n) is 21.7. The Morgan fingerprint density at radius 1 is 0.625 bits per heavy atom. The largest absolute Gasteiger partial charge is 0.370 e.